The monoisotopic (exact) mass is 224 g/mol. The van der Waals surface area contributed by atoms with Crippen LogP contribution in [0, 0.1) is 0 Å². The average Bonchev–Trinajstić information content (AvgIpc) is 2.38. The first-order valence-corrected chi connectivity index (χ1v) is 7.12. The second kappa shape index (κ2) is 5.47. The summed E-state index contributed by atoms with van der Waals surface area (Å²) in [5.41, 5.74) is 4.08. The van der Waals surface area contributed by atoms with Crippen molar-refractivity contribution in [3.8, 4) is 0 Å². The van der Waals surface area contributed by atoms with Gasteiger partial charge in [-0.1, -0.05) is 66.7 Å². The molecule has 2 rings (SSSR count). The molecule has 1 heteroatoms. The number of allylic oxidation sites excluding steroid dienone is 1. The summed E-state index contributed by atoms with van der Waals surface area (Å²) in [5, 5.41) is 0. The highest BCUT2D eigenvalue weighted by atomic mass is 28.1. The van der Waals surface area contributed by atoms with Gasteiger partial charge in [0, 0.05) is 10.2 Å². The molecule has 0 amide bonds. The van der Waals surface area contributed by atoms with Gasteiger partial charge in [-0.3, -0.25) is 0 Å². The average molecular weight is 224 g/mol. The summed E-state index contributed by atoms with van der Waals surface area (Å²) in [5.74, 6) is 0. The van der Waals surface area contributed by atoms with Gasteiger partial charge in [0.05, 0.1) is 0 Å². The van der Waals surface area contributed by atoms with Gasteiger partial charge in [0.15, 0.2) is 0 Å². The van der Waals surface area contributed by atoms with Crippen LogP contribution in [0.4, 0.5) is 0 Å². The number of hydrogen-bond donors (Lipinski definition) is 0. The Morgan fingerprint density at radius 3 is 2.00 bits per heavy atom. The van der Waals surface area contributed by atoms with Crippen LogP contribution in [0.2, 0.25) is 6.04 Å². The standard InChI is InChI=1S/C15H16Si/c16-12-15(14-9-5-2-6-10-14)11-13-7-3-1-4-8-13/h1-11H,12H2,16H3. The minimum absolute atomic E-state index is 1.19. The minimum Gasteiger partial charge on any atom is -0.0622 e. The fourth-order valence-electron chi connectivity index (χ4n) is 1.79. The van der Waals surface area contributed by atoms with E-state index in [1.807, 2.05) is 0 Å². The van der Waals surface area contributed by atoms with E-state index >= 15 is 0 Å². The highest BCUT2D eigenvalue weighted by Crippen LogP contribution is 2.20. The highest BCUT2D eigenvalue weighted by molar-refractivity contribution is 6.16. The summed E-state index contributed by atoms with van der Waals surface area (Å²) in [7, 11) is 1.20. The summed E-state index contributed by atoms with van der Waals surface area (Å²) in [4.78, 5) is 0. The Bertz CT molecular complexity index is 457. The van der Waals surface area contributed by atoms with Crippen LogP contribution in [-0.4, -0.2) is 10.2 Å². The van der Waals surface area contributed by atoms with Gasteiger partial charge in [-0.15, -0.1) is 0 Å². The van der Waals surface area contributed by atoms with Crippen molar-refractivity contribution in [3.63, 3.8) is 0 Å². The first-order chi connectivity index (χ1) is 7.90. The van der Waals surface area contributed by atoms with Crippen molar-refractivity contribution in [2.45, 2.75) is 6.04 Å². The number of rotatable bonds is 3. The molecule has 0 aliphatic rings. The van der Waals surface area contributed by atoms with E-state index in [-0.39, 0.29) is 0 Å². The Morgan fingerprint density at radius 2 is 1.44 bits per heavy atom. The summed E-state index contributed by atoms with van der Waals surface area (Å²) < 4.78 is 0. The molecule has 0 heterocycles. The van der Waals surface area contributed by atoms with E-state index in [0.717, 1.165) is 0 Å². The third-order valence-corrected chi connectivity index (χ3v) is 3.43. The molecule has 2 aromatic rings. The highest BCUT2D eigenvalue weighted by Gasteiger charge is 1.97. The van der Waals surface area contributed by atoms with Crippen LogP contribution < -0.4 is 0 Å². The molecule has 0 atom stereocenters. The van der Waals surface area contributed by atoms with Crippen LogP contribution in [0.1, 0.15) is 11.1 Å². The molecule has 0 nitrogen and oxygen atoms in total. The summed E-state index contributed by atoms with van der Waals surface area (Å²) in [6, 6.07) is 22.4. The molecule has 0 unspecified atom stereocenters. The molecule has 80 valence electrons. The van der Waals surface area contributed by atoms with Gasteiger partial charge in [-0.2, -0.15) is 0 Å². The maximum absolute atomic E-state index is 2.29. The van der Waals surface area contributed by atoms with Gasteiger partial charge in [-0.05, 0) is 22.7 Å². The first kappa shape index (κ1) is 10.9. The summed E-state index contributed by atoms with van der Waals surface area (Å²) in [6.07, 6.45) is 2.29. The molecular weight excluding hydrogens is 208 g/mol. The summed E-state index contributed by atoms with van der Waals surface area (Å²) >= 11 is 0. The van der Waals surface area contributed by atoms with Crippen LogP contribution in [-0.2, 0) is 0 Å². The van der Waals surface area contributed by atoms with Gasteiger partial charge in [0.1, 0.15) is 0 Å². The van der Waals surface area contributed by atoms with Crippen molar-refractivity contribution in [2.75, 3.05) is 0 Å². The molecule has 0 spiro atoms. The predicted octanol–water partition coefficient (Wildman–Crippen LogP) is 3.01. The maximum Gasteiger partial charge on any atom is 0.00836 e. The molecule has 0 saturated heterocycles. The number of benzene rings is 2. The Hall–Kier alpha value is -1.60. The van der Waals surface area contributed by atoms with Gasteiger partial charge in [0.2, 0.25) is 0 Å². The van der Waals surface area contributed by atoms with E-state index in [4.69, 9.17) is 0 Å². The van der Waals surface area contributed by atoms with Crippen molar-refractivity contribution in [1.82, 2.24) is 0 Å². The molecule has 0 saturated carbocycles. The first-order valence-electron chi connectivity index (χ1n) is 5.71. The van der Waals surface area contributed by atoms with Gasteiger partial charge < -0.3 is 0 Å². The zero-order valence-corrected chi connectivity index (χ0v) is 11.6. The summed E-state index contributed by atoms with van der Waals surface area (Å²) in [6.45, 7) is 0. The molecule has 2 aromatic carbocycles. The molecule has 0 fully saturated rings. The molecule has 0 bridgehead atoms. The lowest BCUT2D eigenvalue weighted by molar-refractivity contribution is 1.56. The van der Waals surface area contributed by atoms with Crippen molar-refractivity contribution in [3.05, 3.63) is 71.8 Å². The van der Waals surface area contributed by atoms with Crippen molar-refractivity contribution in [2.24, 2.45) is 0 Å². The lowest BCUT2D eigenvalue weighted by Crippen LogP contribution is -1.83. The van der Waals surface area contributed by atoms with Crippen molar-refractivity contribution >= 4 is 21.9 Å². The molecular formula is C15H16Si. The topological polar surface area (TPSA) is 0 Å². The lowest BCUT2D eigenvalue weighted by atomic mass is 10.0. The molecule has 0 aliphatic heterocycles. The Balaban J connectivity index is 2.34. The van der Waals surface area contributed by atoms with E-state index in [0.29, 0.717) is 0 Å². The molecule has 0 aromatic heterocycles. The normalized spacial score (nSPS) is 11.6. The van der Waals surface area contributed by atoms with Crippen LogP contribution in [0.5, 0.6) is 0 Å². The van der Waals surface area contributed by atoms with Crippen molar-refractivity contribution < 1.29 is 0 Å². The van der Waals surface area contributed by atoms with Crippen LogP contribution in [0.25, 0.3) is 11.6 Å². The smallest absolute Gasteiger partial charge is 0.00836 e. The third-order valence-electron chi connectivity index (χ3n) is 2.67. The largest absolute Gasteiger partial charge is 0.0622 e. The Labute approximate surface area is 100 Å². The molecule has 16 heavy (non-hydrogen) atoms. The quantitative estimate of drug-likeness (QED) is 0.555. The fourth-order valence-corrected chi connectivity index (χ4v) is 2.40. The molecule has 0 aliphatic carbocycles. The predicted molar refractivity (Wildman–Crippen MR) is 75.5 cm³/mol. The molecule has 0 N–H and O–H groups in total. The maximum atomic E-state index is 2.29. The van der Waals surface area contributed by atoms with Crippen LogP contribution in [0.3, 0.4) is 0 Å². The van der Waals surface area contributed by atoms with E-state index in [1.165, 1.54) is 33.0 Å². The van der Waals surface area contributed by atoms with Crippen molar-refractivity contribution in [1.29, 1.82) is 0 Å². The van der Waals surface area contributed by atoms with Crippen LogP contribution in [0.15, 0.2) is 60.7 Å². The zero-order valence-electron chi connectivity index (χ0n) is 9.56. The minimum atomic E-state index is 1.19. The second-order valence-corrected chi connectivity index (χ2v) is 4.51. The molecule has 0 radical (unpaired) electrons. The fraction of sp³-hybridized carbons (Fsp3) is 0.0667. The van der Waals surface area contributed by atoms with E-state index in [2.05, 4.69) is 66.7 Å². The Kier molecular flexibility index (Phi) is 3.73. The van der Waals surface area contributed by atoms with E-state index < -0.39 is 0 Å². The van der Waals surface area contributed by atoms with E-state index in [1.54, 1.807) is 0 Å². The second-order valence-electron chi connectivity index (χ2n) is 3.80. The third kappa shape index (κ3) is 2.71. The SMILES string of the molecule is [SiH3]CC(=Cc1ccccc1)c1ccccc1. The van der Waals surface area contributed by atoms with Gasteiger partial charge in [0.25, 0.3) is 0 Å². The van der Waals surface area contributed by atoms with Crippen LogP contribution >= 0.6 is 0 Å². The Morgan fingerprint density at radius 1 is 0.875 bits per heavy atom. The number of hydrogen-bond acceptors (Lipinski definition) is 0. The van der Waals surface area contributed by atoms with E-state index in [9.17, 15) is 0 Å². The zero-order chi connectivity index (χ0) is 11.2. The van der Waals surface area contributed by atoms with Gasteiger partial charge in [-0.25, -0.2) is 0 Å². The van der Waals surface area contributed by atoms with Gasteiger partial charge >= 0.3 is 0 Å². The lowest BCUT2D eigenvalue weighted by Gasteiger charge is -2.04.